The number of aromatic amines is 1. The normalized spacial score (nSPS) is 18.5. The maximum absolute atomic E-state index is 12.6. The highest BCUT2D eigenvalue weighted by atomic mass is 35.5. The second kappa shape index (κ2) is 6.18. The van der Waals surface area contributed by atoms with Crippen molar-refractivity contribution < 1.29 is 4.79 Å². The van der Waals surface area contributed by atoms with Gasteiger partial charge in [0.05, 0.1) is 5.56 Å². The molecule has 1 atom stereocenters. The van der Waals surface area contributed by atoms with Crippen molar-refractivity contribution in [2.75, 3.05) is 13.1 Å². The minimum atomic E-state index is -0.0225. The predicted molar refractivity (Wildman–Crippen MR) is 85.5 cm³/mol. The Morgan fingerprint density at radius 2 is 2.32 bits per heavy atom. The van der Waals surface area contributed by atoms with Crippen LogP contribution in [0.5, 0.6) is 0 Å². The highest BCUT2D eigenvalue weighted by Gasteiger charge is 2.28. The highest BCUT2D eigenvalue weighted by molar-refractivity contribution is 7.71. The Morgan fingerprint density at radius 3 is 2.95 bits per heavy atom. The lowest BCUT2D eigenvalue weighted by Crippen LogP contribution is -2.39. The maximum atomic E-state index is 12.6. The fourth-order valence-corrected chi connectivity index (χ4v) is 3.03. The summed E-state index contributed by atoms with van der Waals surface area (Å²) in [6, 6.07) is 3.34. The topological polar surface area (TPSA) is 66.8 Å². The van der Waals surface area contributed by atoms with Crippen LogP contribution in [0.2, 0.25) is 5.15 Å². The molecule has 2 aromatic heterocycles. The summed E-state index contributed by atoms with van der Waals surface area (Å²) in [6.45, 7) is 1.38. The summed E-state index contributed by atoms with van der Waals surface area (Å²) in [5, 5.41) is 7.48. The lowest BCUT2D eigenvalue weighted by Gasteiger charge is -2.32. The highest BCUT2D eigenvalue weighted by Crippen LogP contribution is 2.26. The number of rotatable bonds is 2. The fraction of sp³-hybridized carbons (Fsp3) is 0.429. The van der Waals surface area contributed by atoms with E-state index in [1.54, 1.807) is 12.1 Å². The van der Waals surface area contributed by atoms with E-state index < -0.39 is 0 Å². The van der Waals surface area contributed by atoms with Crippen LogP contribution in [-0.4, -0.2) is 43.6 Å². The summed E-state index contributed by atoms with van der Waals surface area (Å²) in [7, 11) is 1.89. The second-order valence-corrected chi connectivity index (χ2v) is 6.18. The molecule has 1 amide bonds. The van der Waals surface area contributed by atoms with Gasteiger partial charge in [-0.1, -0.05) is 11.6 Å². The van der Waals surface area contributed by atoms with E-state index in [1.807, 2.05) is 16.5 Å². The van der Waals surface area contributed by atoms with E-state index in [0.717, 1.165) is 25.2 Å². The number of carbonyl (C=O) groups excluding carboxylic acids is 1. The molecule has 0 aromatic carbocycles. The molecule has 6 nitrogen and oxygen atoms in total. The Hall–Kier alpha value is -1.73. The summed E-state index contributed by atoms with van der Waals surface area (Å²) in [5.41, 5.74) is 0.556. The van der Waals surface area contributed by atoms with Crippen LogP contribution in [0.4, 0.5) is 0 Å². The zero-order chi connectivity index (χ0) is 15.7. The molecule has 1 fully saturated rings. The molecule has 1 N–H and O–H groups in total. The van der Waals surface area contributed by atoms with Crippen LogP contribution in [0.3, 0.4) is 0 Å². The van der Waals surface area contributed by atoms with Crippen LogP contribution in [0, 0.1) is 4.77 Å². The third-order valence-electron chi connectivity index (χ3n) is 3.96. The number of pyridine rings is 1. The Morgan fingerprint density at radius 1 is 1.50 bits per heavy atom. The van der Waals surface area contributed by atoms with Crippen molar-refractivity contribution in [2.24, 2.45) is 7.05 Å². The average molecular weight is 338 g/mol. The van der Waals surface area contributed by atoms with Crippen molar-refractivity contribution in [3.05, 3.63) is 39.6 Å². The Balaban J connectivity index is 1.78. The molecule has 0 unspecified atom stereocenters. The minimum Gasteiger partial charge on any atom is -0.338 e. The minimum absolute atomic E-state index is 0.0225. The quantitative estimate of drug-likeness (QED) is 0.675. The number of carbonyl (C=O) groups is 1. The smallest absolute Gasteiger partial charge is 0.255 e. The molecular weight excluding hydrogens is 322 g/mol. The van der Waals surface area contributed by atoms with Crippen molar-refractivity contribution in [2.45, 2.75) is 18.8 Å². The van der Waals surface area contributed by atoms with Crippen LogP contribution in [0.25, 0.3) is 0 Å². The molecule has 0 spiro atoms. The van der Waals surface area contributed by atoms with Gasteiger partial charge in [0.15, 0.2) is 4.77 Å². The van der Waals surface area contributed by atoms with Crippen molar-refractivity contribution in [3.8, 4) is 0 Å². The van der Waals surface area contributed by atoms with Crippen molar-refractivity contribution in [3.63, 3.8) is 0 Å². The summed E-state index contributed by atoms with van der Waals surface area (Å²) in [4.78, 5) is 18.4. The van der Waals surface area contributed by atoms with Crippen LogP contribution in [0.15, 0.2) is 18.3 Å². The number of hydrogen-bond acceptors (Lipinski definition) is 4. The zero-order valence-corrected chi connectivity index (χ0v) is 13.7. The molecule has 0 aliphatic carbocycles. The van der Waals surface area contributed by atoms with E-state index >= 15 is 0 Å². The van der Waals surface area contributed by atoms with Gasteiger partial charge in [-0.25, -0.2) is 4.98 Å². The summed E-state index contributed by atoms with van der Waals surface area (Å²) >= 11 is 10.9. The predicted octanol–water partition coefficient (Wildman–Crippen LogP) is 2.55. The SMILES string of the molecule is Cn1c([C@H]2CCCN(C(=O)c3ccc(Cl)nc3)C2)n[nH]c1=S. The first-order valence-corrected chi connectivity index (χ1v) is 7.87. The van der Waals surface area contributed by atoms with E-state index in [2.05, 4.69) is 15.2 Å². The van der Waals surface area contributed by atoms with E-state index in [1.165, 1.54) is 6.20 Å². The van der Waals surface area contributed by atoms with Gasteiger partial charge in [-0.3, -0.25) is 9.89 Å². The van der Waals surface area contributed by atoms with Crippen molar-refractivity contribution in [1.82, 2.24) is 24.6 Å². The monoisotopic (exact) mass is 337 g/mol. The number of piperidine rings is 1. The molecule has 22 heavy (non-hydrogen) atoms. The van der Waals surface area contributed by atoms with Gasteiger partial charge in [0, 0.05) is 32.3 Å². The summed E-state index contributed by atoms with van der Waals surface area (Å²) < 4.78 is 2.47. The molecule has 0 bridgehead atoms. The van der Waals surface area contributed by atoms with Crippen LogP contribution in [-0.2, 0) is 7.05 Å². The lowest BCUT2D eigenvalue weighted by molar-refractivity contribution is 0.0703. The number of amides is 1. The molecule has 1 saturated heterocycles. The summed E-state index contributed by atoms with van der Waals surface area (Å²) in [6.07, 6.45) is 3.46. The molecular formula is C14H16ClN5OS. The molecule has 0 saturated carbocycles. The molecule has 1 aliphatic rings. The summed E-state index contributed by atoms with van der Waals surface area (Å²) in [5.74, 6) is 1.07. The number of likely N-dealkylation sites (tertiary alicyclic amines) is 1. The van der Waals surface area contributed by atoms with Gasteiger partial charge in [-0.05, 0) is 37.2 Å². The third-order valence-corrected chi connectivity index (χ3v) is 4.55. The first-order chi connectivity index (χ1) is 10.6. The molecule has 8 heteroatoms. The van der Waals surface area contributed by atoms with Gasteiger partial charge in [0.2, 0.25) is 0 Å². The van der Waals surface area contributed by atoms with Crippen molar-refractivity contribution in [1.29, 1.82) is 0 Å². The largest absolute Gasteiger partial charge is 0.338 e. The average Bonchev–Trinajstić information content (AvgIpc) is 2.87. The molecule has 1 aliphatic heterocycles. The van der Waals surface area contributed by atoms with E-state index in [0.29, 0.717) is 22.0 Å². The van der Waals surface area contributed by atoms with Crippen molar-refractivity contribution >= 4 is 29.7 Å². The Kier molecular flexibility index (Phi) is 4.26. The molecule has 3 heterocycles. The molecule has 116 valence electrons. The van der Waals surface area contributed by atoms with E-state index in [4.69, 9.17) is 23.8 Å². The number of nitrogens with zero attached hydrogens (tertiary/aromatic N) is 4. The standard InChI is InChI=1S/C14H16ClN5OS/c1-19-12(17-18-14(19)22)10-3-2-6-20(8-10)13(21)9-4-5-11(15)16-7-9/h4-5,7,10H,2-3,6,8H2,1H3,(H,18,22)/t10-/m0/s1. The number of hydrogen-bond donors (Lipinski definition) is 1. The lowest BCUT2D eigenvalue weighted by atomic mass is 9.96. The van der Waals surface area contributed by atoms with Crippen LogP contribution < -0.4 is 0 Å². The van der Waals surface area contributed by atoms with Crippen LogP contribution in [0.1, 0.15) is 34.9 Å². The first kappa shape index (κ1) is 15.2. The van der Waals surface area contributed by atoms with Crippen LogP contribution >= 0.6 is 23.8 Å². The Bertz CT molecular complexity index is 738. The van der Waals surface area contributed by atoms with E-state index in [-0.39, 0.29) is 11.8 Å². The van der Waals surface area contributed by atoms with Gasteiger partial charge >= 0.3 is 0 Å². The zero-order valence-electron chi connectivity index (χ0n) is 12.1. The number of H-pyrrole nitrogens is 1. The molecule has 3 rings (SSSR count). The molecule has 2 aromatic rings. The van der Waals surface area contributed by atoms with Gasteiger partial charge < -0.3 is 9.47 Å². The maximum Gasteiger partial charge on any atom is 0.255 e. The van der Waals surface area contributed by atoms with Gasteiger partial charge in [0.1, 0.15) is 11.0 Å². The first-order valence-electron chi connectivity index (χ1n) is 7.08. The number of aromatic nitrogens is 4. The Labute approximate surface area is 138 Å². The van der Waals surface area contributed by atoms with Gasteiger partial charge in [-0.2, -0.15) is 5.10 Å². The number of halogens is 1. The van der Waals surface area contributed by atoms with Gasteiger partial charge in [0.25, 0.3) is 5.91 Å². The number of nitrogens with one attached hydrogen (secondary N) is 1. The fourth-order valence-electron chi connectivity index (χ4n) is 2.78. The third kappa shape index (κ3) is 2.91. The van der Waals surface area contributed by atoms with Gasteiger partial charge in [-0.15, -0.1) is 0 Å². The molecule has 0 radical (unpaired) electrons. The second-order valence-electron chi connectivity index (χ2n) is 5.41. The van der Waals surface area contributed by atoms with E-state index in [9.17, 15) is 4.79 Å².